The van der Waals surface area contributed by atoms with Crippen LogP contribution in [0.15, 0.2) is 30.5 Å². The van der Waals surface area contributed by atoms with Gasteiger partial charge in [-0.2, -0.15) is 0 Å². The van der Waals surface area contributed by atoms with Gasteiger partial charge in [0.15, 0.2) is 0 Å². The summed E-state index contributed by atoms with van der Waals surface area (Å²) in [6.45, 7) is 0.189. The highest BCUT2D eigenvalue weighted by Crippen LogP contribution is 2.23. The molecule has 0 aliphatic rings. The van der Waals surface area contributed by atoms with Crippen molar-refractivity contribution in [3.63, 3.8) is 0 Å². The molecule has 6 heteroatoms. The molecule has 0 fully saturated rings. The summed E-state index contributed by atoms with van der Waals surface area (Å²) in [7, 11) is 1.44. The smallest absolute Gasteiger partial charge is 0.407 e. The lowest BCUT2D eigenvalue weighted by Gasteiger charge is -2.10. The molecule has 2 rings (SSSR count). The van der Waals surface area contributed by atoms with Gasteiger partial charge >= 0.3 is 6.09 Å². The molecule has 2 aromatic rings. The molecule has 19 heavy (non-hydrogen) atoms. The van der Waals surface area contributed by atoms with Gasteiger partial charge in [0.1, 0.15) is 11.6 Å². The average molecular weight is 266 g/mol. The van der Waals surface area contributed by atoms with E-state index in [1.807, 2.05) is 0 Å². The lowest BCUT2D eigenvalue weighted by atomic mass is 10.1. The molecule has 0 saturated heterocycles. The van der Waals surface area contributed by atoms with E-state index in [2.05, 4.69) is 4.98 Å². The second-order valence-electron chi connectivity index (χ2n) is 4.18. The van der Waals surface area contributed by atoms with Gasteiger partial charge in [0.2, 0.25) is 0 Å². The van der Waals surface area contributed by atoms with Gasteiger partial charge in [-0.1, -0.05) is 0 Å². The number of H-pyrrole nitrogens is 1. The fourth-order valence-corrected chi connectivity index (χ4v) is 1.74. The number of aromatic amines is 1. The zero-order valence-corrected chi connectivity index (χ0v) is 10.2. The topological polar surface area (TPSA) is 56.3 Å². The first-order valence-electron chi connectivity index (χ1n) is 5.54. The Kier molecular flexibility index (Phi) is 3.50. The van der Waals surface area contributed by atoms with E-state index in [0.29, 0.717) is 11.3 Å². The van der Waals surface area contributed by atoms with Crippen LogP contribution in [-0.4, -0.2) is 28.1 Å². The molecular weight excluding hydrogens is 254 g/mol. The molecule has 0 radical (unpaired) electrons. The Labute approximate surface area is 108 Å². The average Bonchev–Trinajstić information content (AvgIpc) is 2.77. The maximum absolute atomic E-state index is 13.6. The molecule has 1 amide bonds. The normalized spacial score (nSPS) is 10.5. The van der Waals surface area contributed by atoms with Crippen molar-refractivity contribution in [2.75, 3.05) is 7.05 Å². The van der Waals surface area contributed by atoms with Crippen LogP contribution in [0, 0.1) is 11.6 Å². The number of amides is 1. The van der Waals surface area contributed by atoms with Crippen molar-refractivity contribution in [2.24, 2.45) is 0 Å². The molecule has 4 nitrogen and oxygen atoms in total. The van der Waals surface area contributed by atoms with E-state index in [1.54, 1.807) is 12.3 Å². The Morgan fingerprint density at radius 1 is 1.37 bits per heavy atom. The Morgan fingerprint density at radius 3 is 2.74 bits per heavy atom. The quantitative estimate of drug-likeness (QED) is 0.897. The fourth-order valence-electron chi connectivity index (χ4n) is 1.74. The first kappa shape index (κ1) is 13.1. The monoisotopic (exact) mass is 266 g/mol. The molecule has 0 saturated carbocycles. The van der Waals surface area contributed by atoms with Crippen molar-refractivity contribution in [3.8, 4) is 11.3 Å². The number of nitrogens with one attached hydrogen (secondary N) is 1. The number of nitrogens with zero attached hydrogens (tertiary/aromatic N) is 1. The summed E-state index contributed by atoms with van der Waals surface area (Å²) in [5.74, 6) is -1.31. The maximum atomic E-state index is 13.6. The molecular formula is C13H12F2N2O2. The van der Waals surface area contributed by atoms with Crippen LogP contribution in [-0.2, 0) is 6.54 Å². The SMILES string of the molecule is CN(Cc1c[nH]c(-c2ccc(F)cc2F)c1)C(=O)O. The number of hydrogen-bond acceptors (Lipinski definition) is 1. The van der Waals surface area contributed by atoms with Crippen molar-refractivity contribution in [1.82, 2.24) is 9.88 Å². The summed E-state index contributed by atoms with van der Waals surface area (Å²) in [4.78, 5) is 14.6. The highest BCUT2D eigenvalue weighted by molar-refractivity contribution is 5.65. The highest BCUT2D eigenvalue weighted by atomic mass is 19.1. The zero-order valence-electron chi connectivity index (χ0n) is 10.2. The van der Waals surface area contributed by atoms with Gasteiger partial charge < -0.3 is 15.0 Å². The van der Waals surface area contributed by atoms with Crippen LogP contribution in [0.4, 0.5) is 13.6 Å². The standard InChI is InChI=1S/C13H12F2N2O2/c1-17(13(18)19)7-8-4-12(16-6-8)10-3-2-9(14)5-11(10)15/h2-6,16H,7H2,1H3,(H,18,19). The van der Waals surface area contributed by atoms with Gasteiger partial charge in [-0.3, -0.25) is 0 Å². The van der Waals surface area contributed by atoms with Gasteiger partial charge in [0.05, 0.1) is 6.54 Å². The number of carbonyl (C=O) groups is 1. The number of benzene rings is 1. The minimum absolute atomic E-state index is 0.189. The van der Waals surface area contributed by atoms with E-state index in [4.69, 9.17) is 5.11 Å². The summed E-state index contributed by atoms with van der Waals surface area (Å²) < 4.78 is 26.4. The summed E-state index contributed by atoms with van der Waals surface area (Å²) in [6.07, 6.45) is 0.549. The molecule has 100 valence electrons. The number of halogens is 2. The molecule has 0 bridgehead atoms. The molecule has 1 aromatic carbocycles. The minimum atomic E-state index is -1.05. The summed E-state index contributed by atoms with van der Waals surface area (Å²) in [5.41, 5.74) is 1.42. The van der Waals surface area contributed by atoms with E-state index in [0.717, 1.165) is 11.0 Å². The zero-order chi connectivity index (χ0) is 14.0. The van der Waals surface area contributed by atoms with E-state index < -0.39 is 17.7 Å². The largest absolute Gasteiger partial charge is 0.465 e. The van der Waals surface area contributed by atoms with Gasteiger partial charge in [-0.25, -0.2) is 13.6 Å². The van der Waals surface area contributed by atoms with Gasteiger partial charge in [-0.15, -0.1) is 0 Å². The van der Waals surface area contributed by atoms with E-state index in [1.165, 1.54) is 19.2 Å². The lowest BCUT2D eigenvalue weighted by Crippen LogP contribution is -2.23. The Bertz CT molecular complexity index is 610. The Balaban J connectivity index is 2.23. The van der Waals surface area contributed by atoms with Crippen molar-refractivity contribution in [1.29, 1.82) is 0 Å². The molecule has 0 spiro atoms. The predicted molar refractivity (Wildman–Crippen MR) is 65.6 cm³/mol. The first-order valence-corrected chi connectivity index (χ1v) is 5.54. The van der Waals surface area contributed by atoms with Crippen molar-refractivity contribution in [2.45, 2.75) is 6.54 Å². The van der Waals surface area contributed by atoms with Crippen LogP contribution < -0.4 is 0 Å². The number of hydrogen-bond donors (Lipinski definition) is 2. The number of rotatable bonds is 3. The third kappa shape index (κ3) is 2.90. The van der Waals surface area contributed by atoms with Crippen LogP contribution in [0.2, 0.25) is 0 Å². The molecule has 1 heterocycles. The first-order chi connectivity index (χ1) is 8.97. The van der Waals surface area contributed by atoms with Crippen LogP contribution in [0.5, 0.6) is 0 Å². The van der Waals surface area contributed by atoms with Crippen molar-refractivity contribution in [3.05, 3.63) is 47.7 Å². The Hall–Kier alpha value is -2.37. The number of aromatic nitrogens is 1. The second kappa shape index (κ2) is 5.09. The Morgan fingerprint density at radius 2 is 2.11 bits per heavy atom. The summed E-state index contributed by atoms with van der Waals surface area (Å²) >= 11 is 0. The van der Waals surface area contributed by atoms with Crippen LogP contribution in [0.1, 0.15) is 5.56 Å². The summed E-state index contributed by atoms with van der Waals surface area (Å²) in [5, 5.41) is 8.76. The fraction of sp³-hybridized carbons (Fsp3) is 0.154. The van der Waals surface area contributed by atoms with Gasteiger partial charge in [0, 0.05) is 30.6 Å². The highest BCUT2D eigenvalue weighted by Gasteiger charge is 2.11. The molecule has 2 N–H and O–H groups in total. The third-order valence-corrected chi connectivity index (χ3v) is 2.71. The molecule has 1 aromatic heterocycles. The number of carboxylic acid groups (broad SMARTS) is 1. The summed E-state index contributed by atoms with van der Waals surface area (Å²) in [6, 6.07) is 4.94. The molecule has 0 atom stereocenters. The molecule has 0 unspecified atom stereocenters. The van der Waals surface area contributed by atoms with Crippen LogP contribution in [0.3, 0.4) is 0 Å². The maximum Gasteiger partial charge on any atom is 0.407 e. The van der Waals surface area contributed by atoms with Crippen LogP contribution in [0.25, 0.3) is 11.3 Å². The molecule has 0 aliphatic carbocycles. The van der Waals surface area contributed by atoms with E-state index >= 15 is 0 Å². The van der Waals surface area contributed by atoms with Crippen molar-refractivity contribution >= 4 is 6.09 Å². The van der Waals surface area contributed by atoms with Gasteiger partial charge in [0.25, 0.3) is 0 Å². The van der Waals surface area contributed by atoms with Crippen LogP contribution >= 0.6 is 0 Å². The van der Waals surface area contributed by atoms with Gasteiger partial charge in [-0.05, 0) is 23.8 Å². The lowest BCUT2D eigenvalue weighted by molar-refractivity contribution is 0.154. The third-order valence-electron chi connectivity index (χ3n) is 2.71. The van der Waals surface area contributed by atoms with E-state index in [-0.39, 0.29) is 12.1 Å². The van der Waals surface area contributed by atoms with Crippen molar-refractivity contribution < 1.29 is 18.7 Å². The molecule has 0 aliphatic heterocycles. The minimum Gasteiger partial charge on any atom is -0.465 e. The van der Waals surface area contributed by atoms with E-state index in [9.17, 15) is 13.6 Å². The second-order valence-corrected chi connectivity index (χ2v) is 4.18. The predicted octanol–water partition coefficient (Wildman–Crippen LogP) is 3.07.